The number of aromatic amines is 1. The summed E-state index contributed by atoms with van der Waals surface area (Å²) in [5.41, 5.74) is 5.96. The number of H-pyrrole nitrogens is 1. The van der Waals surface area contributed by atoms with E-state index in [9.17, 15) is 4.79 Å². The van der Waals surface area contributed by atoms with E-state index in [4.69, 9.17) is 17.3 Å². The Balaban J connectivity index is 2.21. The summed E-state index contributed by atoms with van der Waals surface area (Å²) in [7, 11) is 0. The maximum atomic E-state index is 11.7. The zero-order valence-corrected chi connectivity index (χ0v) is 9.87. The number of imidazole rings is 1. The summed E-state index contributed by atoms with van der Waals surface area (Å²) >= 11 is 5.54. The van der Waals surface area contributed by atoms with Gasteiger partial charge in [-0.1, -0.05) is 0 Å². The third kappa shape index (κ3) is 2.56. The van der Waals surface area contributed by atoms with Crippen LogP contribution in [0.4, 0.5) is 5.95 Å². The Morgan fingerprint density at radius 1 is 1.53 bits per heavy atom. The number of fused-ring (bicyclic) bond motifs is 1. The Kier molecular flexibility index (Phi) is 3.60. The van der Waals surface area contributed by atoms with Gasteiger partial charge in [0.15, 0.2) is 11.2 Å². The van der Waals surface area contributed by atoms with Crippen LogP contribution in [0.3, 0.4) is 0 Å². The van der Waals surface area contributed by atoms with Crippen LogP contribution in [0.25, 0.3) is 11.2 Å². The number of rotatable bonds is 5. The number of hydrogen-bond donors (Lipinski definition) is 3. The number of nitrogens with zero attached hydrogens (tertiary/aromatic N) is 3. The van der Waals surface area contributed by atoms with E-state index in [0.717, 1.165) is 6.54 Å². The predicted molar refractivity (Wildman–Crippen MR) is 66.2 cm³/mol. The molecule has 0 bridgehead atoms. The van der Waals surface area contributed by atoms with Gasteiger partial charge in [0.25, 0.3) is 5.56 Å². The molecule has 2 heterocycles. The maximum Gasteiger partial charge on any atom is 0.278 e. The lowest BCUT2D eigenvalue weighted by Crippen LogP contribution is -2.23. The molecule has 0 fully saturated rings. The fourth-order valence-electron chi connectivity index (χ4n) is 1.56. The lowest BCUT2D eigenvalue weighted by atomic mass is 10.5. The first-order chi connectivity index (χ1) is 8.22. The number of nitrogens with two attached hydrogens (primary N) is 1. The molecule has 0 saturated heterocycles. The van der Waals surface area contributed by atoms with Crippen LogP contribution in [0.5, 0.6) is 0 Å². The van der Waals surface area contributed by atoms with Gasteiger partial charge in [0.05, 0.1) is 6.33 Å². The second kappa shape index (κ2) is 5.15. The summed E-state index contributed by atoms with van der Waals surface area (Å²) in [6, 6.07) is 0. The van der Waals surface area contributed by atoms with Gasteiger partial charge in [-0.15, -0.1) is 11.6 Å². The van der Waals surface area contributed by atoms with Crippen molar-refractivity contribution in [3.63, 3.8) is 0 Å². The van der Waals surface area contributed by atoms with Crippen molar-refractivity contribution in [2.75, 3.05) is 24.7 Å². The second-order valence-electron chi connectivity index (χ2n) is 3.50. The maximum absolute atomic E-state index is 11.7. The van der Waals surface area contributed by atoms with Gasteiger partial charge in [-0.05, 0) is 0 Å². The number of aromatic nitrogens is 4. The van der Waals surface area contributed by atoms with Crippen molar-refractivity contribution < 1.29 is 0 Å². The fourth-order valence-corrected chi connectivity index (χ4v) is 1.70. The molecule has 0 aromatic carbocycles. The summed E-state index contributed by atoms with van der Waals surface area (Å²) in [5.74, 6) is 0.636. The quantitative estimate of drug-likeness (QED) is 0.496. The number of nitrogen functional groups attached to an aromatic ring is 1. The normalized spacial score (nSPS) is 11.1. The molecule has 0 atom stereocenters. The van der Waals surface area contributed by atoms with Crippen LogP contribution >= 0.6 is 11.6 Å². The van der Waals surface area contributed by atoms with E-state index in [0.29, 0.717) is 30.1 Å². The highest BCUT2D eigenvalue weighted by molar-refractivity contribution is 6.18. The average Bonchev–Trinajstić information content (AvgIpc) is 2.68. The highest BCUT2D eigenvalue weighted by atomic mass is 35.5. The minimum absolute atomic E-state index is 0.0769. The summed E-state index contributed by atoms with van der Waals surface area (Å²) in [4.78, 5) is 22.1. The first-order valence-corrected chi connectivity index (χ1v) is 5.73. The molecule has 0 aliphatic carbocycles. The van der Waals surface area contributed by atoms with Crippen LogP contribution in [0, 0.1) is 0 Å². The van der Waals surface area contributed by atoms with Crippen molar-refractivity contribution in [3.05, 3.63) is 16.7 Å². The van der Waals surface area contributed by atoms with Crippen LogP contribution in [0.2, 0.25) is 0 Å². The summed E-state index contributed by atoms with van der Waals surface area (Å²) in [6.45, 7) is 2.07. The molecule has 2 aromatic rings. The van der Waals surface area contributed by atoms with Crippen LogP contribution in [-0.4, -0.2) is 38.5 Å². The van der Waals surface area contributed by atoms with Gasteiger partial charge in [-0.2, -0.15) is 4.98 Å². The molecule has 92 valence electrons. The standard InChI is InChI=1S/C9H13ClN6O/c10-1-2-12-3-4-16-5-13-7-6(16)8(17)15-9(11)14-7/h5,12H,1-4H2,(H3,11,14,15,17). The molecule has 0 aliphatic rings. The Morgan fingerprint density at radius 2 is 2.35 bits per heavy atom. The monoisotopic (exact) mass is 256 g/mol. The fraction of sp³-hybridized carbons (Fsp3) is 0.444. The van der Waals surface area contributed by atoms with Crippen LogP contribution in [0.15, 0.2) is 11.1 Å². The van der Waals surface area contributed by atoms with Crippen molar-refractivity contribution in [1.29, 1.82) is 0 Å². The van der Waals surface area contributed by atoms with Crippen molar-refractivity contribution >= 4 is 28.7 Å². The molecular formula is C9H13ClN6O. The van der Waals surface area contributed by atoms with Crippen molar-refractivity contribution in [2.24, 2.45) is 0 Å². The molecule has 8 heteroatoms. The third-order valence-corrected chi connectivity index (χ3v) is 2.49. The van der Waals surface area contributed by atoms with Gasteiger partial charge in [-0.3, -0.25) is 9.78 Å². The SMILES string of the molecule is Nc1nc2ncn(CCNCCCl)c2c(=O)[nH]1. The largest absolute Gasteiger partial charge is 0.369 e. The number of alkyl halides is 1. The lowest BCUT2D eigenvalue weighted by molar-refractivity contribution is 0.624. The zero-order valence-electron chi connectivity index (χ0n) is 9.11. The molecular weight excluding hydrogens is 244 g/mol. The zero-order chi connectivity index (χ0) is 12.3. The van der Waals surface area contributed by atoms with Crippen molar-refractivity contribution in [3.8, 4) is 0 Å². The van der Waals surface area contributed by atoms with E-state index in [1.54, 1.807) is 10.9 Å². The summed E-state index contributed by atoms with van der Waals surface area (Å²) in [5, 5.41) is 3.13. The number of hydrogen-bond acceptors (Lipinski definition) is 5. The molecule has 0 amide bonds. The first kappa shape index (κ1) is 11.9. The summed E-state index contributed by atoms with van der Waals surface area (Å²) in [6.07, 6.45) is 1.58. The summed E-state index contributed by atoms with van der Waals surface area (Å²) < 4.78 is 1.74. The Labute approximate surface area is 102 Å². The van der Waals surface area contributed by atoms with E-state index in [1.807, 2.05) is 0 Å². The van der Waals surface area contributed by atoms with E-state index < -0.39 is 0 Å². The van der Waals surface area contributed by atoms with Gasteiger partial charge in [0, 0.05) is 25.5 Å². The Morgan fingerprint density at radius 3 is 3.12 bits per heavy atom. The minimum Gasteiger partial charge on any atom is -0.369 e. The van der Waals surface area contributed by atoms with E-state index >= 15 is 0 Å². The number of nitrogens with one attached hydrogen (secondary N) is 2. The highest BCUT2D eigenvalue weighted by Crippen LogP contribution is 2.04. The molecule has 7 nitrogen and oxygen atoms in total. The topological polar surface area (TPSA) is 102 Å². The van der Waals surface area contributed by atoms with Crippen molar-refractivity contribution in [1.82, 2.24) is 24.8 Å². The molecule has 0 radical (unpaired) electrons. The second-order valence-corrected chi connectivity index (χ2v) is 3.88. The first-order valence-electron chi connectivity index (χ1n) is 5.19. The molecule has 2 aromatic heterocycles. The van der Waals surface area contributed by atoms with Crippen LogP contribution in [-0.2, 0) is 6.54 Å². The van der Waals surface area contributed by atoms with Gasteiger partial charge in [0.2, 0.25) is 5.95 Å². The minimum atomic E-state index is -0.276. The molecule has 0 saturated carbocycles. The van der Waals surface area contributed by atoms with E-state index in [2.05, 4.69) is 20.3 Å². The number of anilines is 1. The van der Waals surface area contributed by atoms with Gasteiger partial charge in [0.1, 0.15) is 0 Å². The van der Waals surface area contributed by atoms with Gasteiger partial charge < -0.3 is 15.6 Å². The molecule has 2 rings (SSSR count). The Hall–Kier alpha value is -1.60. The van der Waals surface area contributed by atoms with Crippen LogP contribution < -0.4 is 16.6 Å². The molecule has 0 spiro atoms. The average molecular weight is 257 g/mol. The molecule has 0 aliphatic heterocycles. The van der Waals surface area contributed by atoms with E-state index in [-0.39, 0.29) is 11.5 Å². The van der Waals surface area contributed by atoms with Crippen LogP contribution in [0.1, 0.15) is 0 Å². The highest BCUT2D eigenvalue weighted by Gasteiger charge is 2.08. The van der Waals surface area contributed by atoms with Gasteiger partial charge >= 0.3 is 0 Å². The van der Waals surface area contributed by atoms with E-state index in [1.165, 1.54) is 0 Å². The lowest BCUT2D eigenvalue weighted by Gasteiger charge is -2.04. The Bertz CT molecular complexity index is 562. The van der Waals surface area contributed by atoms with Gasteiger partial charge in [-0.25, -0.2) is 4.98 Å². The molecule has 17 heavy (non-hydrogen) atoms. The predicted octanol–water partition coefficient (Wildman–Crippen LogP) is -0.470. The third-order valence-electron chi connectivity index (χ3n) is 2.30. The smallest absolute Gasteiger partial charge is 0.278 e. The molecule has 4 N–H and O–H groups in total. The molecule has 0 unspecified atom stereocenters. The number of halogens is 1. The van der Waals surface area contributed by atoms with Crippen molar-refractivity contribution in [2.45, 2.75) is 6.54 Å².